The first-order valence-electron chi connectivity index (χ1n) is 7.70. The Balaban J connectivity index is 1.93. The van der Waals surface area contributed by atoms with E-state index in [-0.39, 0.29) is 5.82 Å². The summed E-state index contributed by atoms with van der Waals surface area (Å²) in [7, 11) is 3.16. The maximum absolute atomic E-state index is 13.0. The maximum Gasteiger partial charge on any atom is 0.161 e. The number of allylic oxidation sites excluding steroid dienone is 1. The van der Waals surface area contributed by atoms with E-state index in [4.69, 9.17) is 9.47 Å². The van der Waals surface area contributed by atoms with Crippen LogP contribution in [0.4, 0.5) is 4.39 Å². The van der Waals surface area contributed by atoms with Gasteiger partial charge in [0.05, 0.1) is 25.5 Å². The van der Waals surface area contributed by atoms with Crippen LogP contribution in [0.15, 0.2) is 47.8 Å². The lowest BCUT2D eigenvalue weighted by molar-refractivity contribution is 0.355. The van der Waals surface area contributed by atoms with E-state index < -0.39 is 0 Å². The Hall–Kier alpha value is -3.17. The molecule has 4 nitrogen and oxygen atoms in total. The fraction of sp³-hybridized carbons (Fsp3) is 0.100. The van der Waals surface area contributed by atoms with E-state index in [1.807, 2.05) is 23.6 Å². The standard InChI is InChI=1S/C20H15FN2O2S/c1-24-18-8-5-14(10-19(18)25-2)17-12-26-20(23-17)15(11-22)9-13-3-6-16(21)7-4-13/h3-10,12H,1-2H3/b15-9+. The van der Waals surface area contributed by atoms with Gasteiger partial charge in [0.1, 0.15) is 16.9 Å². The number of nitriles is 1. The fourth-order valence-corrected chi connectivity index (χ4v) is 3.19. The van der Waals surface area contributed by atoms with Gasteiger partial charge < -0.3 is 9.47 Å². The van der Waals surface area contributed by atoms with Crippen molar-refractivity contribution in [2.45, 2.75) is 0 Å². The zero-order valence-corrected chi connectivity index (χ0v) is 15.0. The minimum atomic E-state index is -0.314. The van der Waals surface area contributed by atoms with Crippen LogP contribution in [-0.2, 0) is 0 Å². The summed E-state index contributed by atoms with van der Waals surface area (Å²) in [5.41, 5.74) is 2.77. The minimum Gasteiger partial charge on any atom is -0.493 e. The molecule has 0 amide bonds. The average Bonchev–Trinajstić information content (AvgIpc) is 3.17. The average molecular weight is 366 g/mol. The number of aromatic nitrogens is 1. The van der Waals surface area contributed by atoms with Gasteiger partial charge in [0.25, 0.3) is 0 Å². The highest BCUT2D eigenvalue weighted by atomic mass is 32.1. The highest BCUT2D eigenvalue weighted by Gasteiger charge is 2.12. The smallest absolute Gasteiger partial charge is 0.161 e. The summed E-state index contributed by atoms with van der Waals surface area (Å²) >= 11 is 1.37. The third kappa shape index (κ3) is 3.73. The summed E-state index contributed by atoms with van der Waals surface area (Å²) in [5, 5.41) is 11.9. The maximum atomic E-state index is 13.0. The molecule has 6 heteroatoms. The van der Waals surface area contributed by atoms with Gasteiger partial charge in [0, 0.05) is 10.9 Å². The molecule has 0 aliphatic carbocycles. The van der Waals surface area contributed by atoms with Crippen LogP contribution in [0, 0.1) is 17.1 Å². The van der Waals surface area contributed by atoms with E-state index in [0.717, 1.165) is 16.8 Å². The van der Waals surface area contributed by atoms with Gasteiger partial charge >= 0.3 is 0 Å². The van der Waals surface area contributed by atoms with Crippen molar-refractivity contribution < 1.29 is 13.9 Å². The van der Waals surface area contributed by atoms with Crippen LogP contribution in [-0.4, -0.2) is 19.2 Å². The van der Waals surface area contributed by atoms with E-state index in [0.29, 0.717) is 22.1 Å². The molecule has 26 heavy (non-hydrogen) atoms. The molecule has 3 aromatic rings. The normalized spacial score (nSPS) is 11.1. The second-order valence-corrected chi connectivity index (χ2v) is 6.19. The summed E-state index contributed by atoms with van der Waals surface area (Å²) in [6.07, 6.45) is 1.69. The number of ether oxygens (including phenoxy) is 2. The summed E-state index contributed by atoms with van der Waals surface area (Å²) in [6.45, 7) is 0. The number of hydrogen-bond donors (Lipinski definition) is 0. The molecule has 0 unspecified atom stereocenters. The largest absolute Gasteiger partial charge is 0.493 e. The van der Waals surface area contributed by atoms with Crippen LogP contribution in [0.3, 0.4) is 0 Å². The van der Waals surface area contributed by atoms with Crippen LogP contribution >= 0.6 is 11.3 Å². The fourth-order valence-electron chi connectivity index (χ4n) is 2.39. The summed E-state index contributed by atoms with van der Waals surface area (Å²) in [4.78, 5) is 4.55. The number of benzene rings is 2. The van der Waals surface area contributed by atoms with Gasteiger partial charge in [-0.15, -0.1) is 11.3 Å². The number of nitrogens with zero attached hydrogens (tertiary/aromatic N) is 2. The highest BCUT2D eigenvalue weighted by Crippen LogP contribution is 2.33. The lowest BCUT2D eigenvalue weighted by Crippen LogP contribution is -1.91. The molecule has 0 aliphatic heterocycles. The third-order valence-corrected chi connectivity index (χ3v) is 4.59. The number of rotatable bonds is 5. The molecular weight excluding hydrogens is 351 g/mol. The second-order valence-electron chi connectivity index (χ2n) is 5.33. The van der Waals surface area contributed by atoms with Gasteiger partial charge in [-0.1, -0.05) is 12.1 Å². The molecule has 1 aromatic heterocycles. The van der Waals surface area contributed by atoms with Gasteiger partial charge in [-0.3, -0.25) is 0 Å². The second kappa shape index (κ2) is 7.81. The molecule has 2 aromatic carbocycles. The summed E-state index contributed by atoms with van der Waals surface area (Å²) in [5.74, 6) is 0.938. The predicted octanol–water partition coefficient (Wildman–Crippen LogP) is 5.03. The van der Waals surface area contributed by atoms with Gasteiger partial charge in [-0.25, -0.2) is 9.37 Å². The molecule has 0 fully saturated rings. The monoisotopic (exact) mass is 366 g/mol. The van der Waals surface area contributed by atoms with Crippen LogP contribution < -0.4 is 9.47 Å². The van der Waals surface area contributed by atoms with Crippen LogP contribution in [0.1, 0.15) is 10.6 Å². The predicted molar refractivity (Wildman–Crippen MR) is 101 cm³/mol. The van der Waals surface area contributed by atoms with Crippen LogP contribution in [0.2, 0.25) is 0 Å². The summed E-state index contributed by atoms with van der Waals surface area (Å²) < 4.78 is 23.6. The Morgan fingerprint density at radius 3 is 2.50 bits per heavy atom. The molecule has 0 bridgehead atoms. The zero-order chi connectivity index (χ0) is 18.5. The first kappa shape index (κ1) is 17.6. The van der Waals surface area contributed by atoms with Crippen molar-refractivity contribution >= 4 is 23.0 Å². The topological polar surface area (TPSA) is 55.1 Å². The molecule has 0 saturated carbocycles. The minimum absolute atomic E-state index is 0.314. The summed E-state index contributed by atoms with van der Waals surface area (Å²) in [6, 6.07) is 13.7. The Morgan fingerprint density at radius 1 is 1.12 bits per heavy atom. The lowest BCUT2D eigenvalue weighted by atomic mass is 10.1. The van der Waals surface area contributed by atoms with Crippen LogP contribution in [0.25, 0.3) is 22.9 Å². The first-order valence-corrected chi connectivity index (χ1v) is 8.58. The molecule has 1 heterocycles. The lowest BCUT2D eigenvalue weighted by Gasteiger charge is -2.08. The molecule has 3 rings (SSSR count). The van der Waals surface area contributed by atoms with Gasteiger partial charge in [0.15, 0.2) is 11.5 Å². The van der Waals surface area contributed by atoms with Crippen molar-refractivity contribution in [3.8, 4) is 28.8 Å². The van der Waals surface area contributed by atoms with E-state index in [9.17, 15) is 9.65 Å². The molecular formula is C20H15FN2O2S. The molecule has 130 valence electrons. The van der Waals surface area contributed by atoms with Crippen molar-refractivity contribution in [1.82, 2.24) is 4.98 Å². The number of thiazole rings is 1. The third-order valence-electron chi connectivity index (χ3n) is 3.72. The molecule has 0 radical (unpaired) electrons. The van der Waals surface area contributed by atoms with Crippen molar-refractivity contribution in [3.05, 3.63) is 64.2 Å². The number of hydrogen-bond acceptors (Lipinski definition) is 5. The molecule has 0 aliphatic rings. The zero-order valence-electron chi connectivity index (χ0n) is 14.2. The van der Waals surface area contributed by atoms with E-state index in [1.165, 1.54) is 23.5 Å². The Bertz CT molecular complexity index is 988. The Morgan fingerprint density at radius 2 is 1.85 bits per heavy atom. The van der Waals surface area contributed by atoms with Gasteiger partial charge in [-0.2, -0.15) is 5.26 Å². The van der Waals surface area contributed by atoms with Crippen molar-refractivity contribution in [1.29, 1.82) is 5.26 Å². The Labute approximate surface area is 154 Å². The molecule has 0 spiro atoms. The van der Waals surface area contributed by atoms with Crippen LogP contribution in [0.5, 0.6) is 11.5 Å². The van der Waals surface area contributed by atoms with E-state index in [1.54, 1.807) is 32.4 Å². The van der Waals surface area contributed by atoms with Gasteiger partial charge in [-0.05, 0) is 42.0 Å². The van der Waals surface area contributed by atoms with Crippen molar-refractivity contribution in [2.75, 3.05) is 14.2 Å². The van der Waals surface area contributed by atoms with Crippen molar-refractivity contribution in [3.63, 3.8) is 0 Å². The van der Waals surface area contributed by atoms with Crippen molar-refractivity contribution in [2.24, 2.45) is 0 Å². The molecule has 0 atom stereocenters. The first-order chi connectivity index (χ1) is 12.6. The molecule has 0 saturated heterocycles. The quantitative estimate of drug-likeness (QED) is 0.594. The number of methoxy groups -OCH3 is 2. The highest BCUT2D eigenvalue weighted by molar-refractivity contribution is 7.11. The van der Waals surface area contributed by atoms with Gasteiger partial charge in [0.2, 0.25) is 0 Å². The number of halogens is 1. The van der Waals surface area contributed by atoms with E-state index >= 15 is 0 Å². The van der Waals surface area contributed by atoms with E-state index in [2.05, 4.69) is 11.1 Å². The molecule has 0 N–H and O–H groups in total. The SMILES string of the molecule is COc1ccc(-c2csc(/C(C#N)=C/c3ccc(F)cc3)n2)cc1OC. The Kier molecular flexibility index (Phi) is 5.30.